The van der Waals surface area contributed by atoms with Gasteiger partial charge in [0.05, 0.1) is 11.7 Å². The Morgan fingerprint density at radius 1 is 1.52 bits per heavy atom. The maximum absolute atomic E-state index is 13.5. The minimum absolute atomic E-state index is 0.0260. The molecule has 1 aliphatic rings. The van der Waals surface area contributed by atoms with E-state index < -0.39 is 11.7 Å². The molecule has 0 saturated carbocycles. The monoisotopic (exact) mass is 310 g/mol. The highest BCUT2D eigenvalue weighted by Gasteiger charge is 2.24. The third-order valence-electron chi connectivity index (χ3n) is 3.18. The van der Waals surface area contributed by atoms with Gasteiger partial charge in [0.2, 0.25) is 5.89 Å². The molecule has 21 heavy (non-hydrogen) atoms. The number of carbonyl (C=O) groups is 1. The van der Waals surface area contributed by atoms with E-state index >= 15 is 0 Å². The number of halogens is 2. The number of nitrogens with one attached hydrogen (secondary N) is 2. The van der Waals surface area contributed by atoms with Crippen molar-refractivity contribution in [2.75, 3.05) is 11.9 Å². The molecule has 8 heteroatoms. The predicted molar refractivity (Wildman–Crippen MR) is 73.6 cm³/mol. The average Bonchev–Trinajstić information content (AvgIpc) is 3.12. The van der Waals surface area contributed by atoms with Crippen LogP contribution < -0.4 is 10.6 Å². The van der Waals surface area contributed by atoms with Gasteiger partial charge in [-0.25, -0.2) is 4.39 Å². The number of carbonyl (C=O) groups excluding carboxylic acids is 1. The first kappa shape index (κ1) is 14.0. The van der Waals surface area contributed by atoms with Gasteiger partial charge in [0.15, 0.2) is 0 Å². The highest BCUT2D eigenvalue weighted by atomic mass is 35.5. The Morgan fingerprint density at radius 2 is 2.38 bits per heavy atom. The van der Waals surface area contributed by atoms with Crippen molar-refractivity contribution in [3.8, 4) is 0 Å². The second-order valence-electron chi connectivity index (χ2n) is 4.68. The number of hydrogen-bond acceptors (Lipinski definition) is 5. The summed E-state index contributed by atoms with van der Waals surface area (Å²) in [6.45, 7) is 0.877. The summed E-state index contributed by atoms with van der Waals surface area (Å²) in [6.07, 6.45) is 1.90. The summed E-state index contributed by atoms with van der Waals surface area (Å²) in [5.74, 6) is -1.01. The lowest BCUT2D eigenvalue weighted by atomic mass is 10.2. The largest absolute Gasteiger partial charge is 0.337 e. The van der Waals surface area contributed by atoms with E-state index in [0.717, 1.165) is 19.4 Å². The number of aromatic nitrogens is 2. The van der Waals surface area contributed by atoms with E-state index in [4.69, 9.17) is 16.1 Å². The SMILES string of the molecule is O=C(Nc1cc(Cl)ccc1F)c1noc(C2CCCN2)n1. The van der Waals surface area contributed by atoms with E-state index in [9.17, 15) is 9.18 Å². The first-order chi connectivity index (χ1) is 10.1. The Morgan fingerprint density at radius 3 is 3.14 bits per heavy atom. The number of rotatable bonds is 3. The number of benzene rings is 1. The van der Waals surface area contributed by atoms with Gasteiger partial charge in [-0.15, -0.1) is 0 Å². The van der Waals surface area contributed by atoms with Gasteiger partial charge in [-0.3, -0.25) is 4.79 Å². The van der Waals surface area contributed by atoms with Crippen LogP contribution in [0.25, 0.3) is 0 Å². The smallest absolute Gasteiger partial charge is 0.297 e. The van der Waals surface area contributed by atoms with Crippen LogP contribution in [0.15, 0.2) is 22.7 Å². The lowest BCUT2D eigenvalue weighted by molar-refractivity contribution is 0.101. The van der Waals surface area contributed by atoms with Gasteiger partial charge in [0, 0.05) is 5.02 Å². The molecule has 110 valence electrons. The van der Waals surface area contributed by atoms with Gasteiger partial charge in [0.25, 0.3) is 11.7 Å². The summed E-state index contributed by atoms with van der Waals surface area (Å²) in [4.78, 5) is 16.0. The average molecular weight is 311 g/mol. The molecule has 1 amide bonds. The fourth-order valence-electron chi connectivity index (χ4n) is 2.14. The molecule has 1 saturated heterocycles. The van der Waals surface area contributed by atoms with Gasteiger partial charge in [0.1, 0.15) is 5.82 Å². The first-order valence-corrected chi connectivity index (χ1v) is 6.84. The zero-order chi connectivity index (χ0) is 14.8. The van der Waals surface area contributed by atoms with Crippen LogP contribution >= 0.6 is 11.6 Å². The zero-order valence-electron chi connectivity index (χ0n) is 10.9. The van der Waals surface area contributed by atoms with Gasteiger partial charge >= 0.3 is 0 Å². The highest BCUT2D eigenvalue weighted by Crippen LogP contribution is 2.22. The van der Waals surface area contributed by atoms with Crippen LogP contribution in [0.3, 0.4) is 0 Å². The second kappa shape index (κ2) is 5.79. The summed E-state index contributed by atoms with van der Waals surface area (Å²) >= 11 is 5.76. The molecule has 0 aliphatic carbocycles. The van der Waals surface area contributed by atoms with Crippen LogP contribution in [0, 0.1) is 5.82 Å². The molecular formula is C13H12ClFN4O2. The Kier molecular flexibility index (Phi) is 3.85. The van der Waals surface area contributed by atoms with E-state index in [1.807, 2.05) is 0 Å². The molecule has 1 aliphatic heterocycles. The van der Waals surface area contributed by atoms with Crippen LogP contribution in [0.4, 0.5) is 10.1 Å². The van der Waals surface area contributed by atoms with Crippen LogP contribution in [0.5, 0.6) is 0 Å². The Labute approximate surface area is 124 Å². The van der Waals surface area contributed by atoms with Crippen molar-refractivity contribution >= 4 is 23.2 Å². The minimum Gasteiger partial charge on any atom is -0.337 e. The maximum atomic E-state index is 13.5. The summed E-state index contributed by atoms with van der Waals surface area (Å²) in [5, 5.41) is 9.48. The second-order valence-corrected chi connectivity index (χ2v) is 5.12. The maximum Gasteiger partial charge on any atom is 0.297 e. The van der Waals surface area contributed by atoms with Crippen LogP contribution in [0.1, 0.15) is 35.4 Å². The van der Waals surface area contributed by atoms with Gasteiger partial charge in [-0.05, 0) is 37.6 Å². The van der Waals surface area contributed by atoms with E-state index in [2.05, 4.69) is 20.8 Å². The molecule has 3 rings (SSSR count). The fraction of sp³-hybridized carbons (Fsp3) is 0.308. The molecule has 1 aromatic carbocycles. The Bertz CT molecular complexity index is 670. The van der Waals surface area contributed by atoms with Gasteiger partial charge < -0.3 is 15.2 Å². The van der Waals surface area contributed by atoms with Crippen molar-refractivity contribution in [1.29, 1.82) is 0 Å². The Balaban J connectivity index is 1.74. The normalized spacial score (nSPS) is 17.9. The van der Waals surface area contributed by atoms with Crippen LogP contribution in [-0.4, -0.2) is 22.6 Å². The summed E-state index contributed by atoms with van der Waals surface area (Å²) < 4.78 is 18.6. The van der Waals surface area contributed by atoms with Crippen molar-refractivity contribution in [2.45, 2.75) is 18.9 Å². The lowest BCUT2D eigenvalue weighted by Crippen LogP contribution is -2.16. The molecular weight excluding hydrogens is 299 g/mol. The number of hydrogen-bond donors (Lipinski definition) is 2. The molecule has 0 bridgehead atoms. The van der Waals surface area contributed by atoms with E-state index in [1.54, 1.807) is 0 Å². The molecule has 2 aromatic rings. The molecule has 2 N–H and O–H groups in total. The summed E-state index contributed by atoms with van der Waals surface area (Å²) in [7, 11) is 0. The molecule has 1 aromatic heterocycles. The molecule has 0 radical (unpaired) electrons. The third kappa shape index (κ3) is 3.03. The van der Waals surface area contributed by atoms with Crippen molar-refractivity contribution in [1.82, 2.24) is 15.5 Å². The molecule has 1 atom stereocenters. The molecule has 0 spiro atoms. The summed E-state index contributed by atoms with van der Waals surface area (Å²) in [6, 6.07) is 3.85. The third-order valence-corrected chi connectivity index (χ3v) is 3.41. The fourth-order valence-corrected chi connectivity index (χ4v) is 2.31. The van der Waals surface area contributed by atoms with Crippen molar-refractivity contribution in [3.05, 3.63) is 40.8 Å². The Hall–Kier alpha value is -1.99. The van der Waals surface area contributed by atoms with Gasteiger partial charge in [-0.2, -0.15) is 4.98 Å². The molecule has 1 unspecified atom stereocenters. The van der Waals surface area contributed by atoms with Crippen LogP contribution in [-0.2, 0) is 0 Å². The molecule has 6 nitrogen and oxygen atoms in total. The standard InChI is InChI=1S/C13H12ClFN4O2/c14-7-3-4-8(15)10(6-7)17-12(20)11-18-13(21-19-11)9-2-1-5-16-9/h3-4,6,9,16H,1-2,5H2,(H,17,20). The van der Waals surface area contributed by atoms with Gasteiger partial charge in [-0.1, -0.05) is 16.8 Å². The van der Waals surface area contributed by atoms with Crippen molar-refractivity contribution in [3.63, 3.8) is 0 Å². The van der Waals surface area contributed by atoms with Crippen molar-refractivity contribution < 1.29 is 13.7 Å². The minimum atomic E-state index is -0.649. The predicted octanol–water partition coefficient (Wildman–Crippen LogP) is 2.54. The zero-order valence-corrected chi connectivity index (χ0v) is 11.7. The molecule has 1 fully saturated rings. The van der Waals surface area contributed by atoms with E-state index in [-0.39, 0.29) is 17.6 Å². The lowest BCUT2D eigenvalue weighted by Gasteiger charge is -2.04. The molecule has 2 heterocycles. The number of anilines is 1. The van der Waals surface area contributed by atoms with E-state index in [1.165, 1.54) is 18.2 Å². The van der Waals surface area contributed by atoms with Crippen molar-refractivity contribution in [2.24, 2.45) is 0 Å². The van der Waals surface area contributed by atoms with E-state index in [0.29, 0.717) is 10.9 Å². The topological polar surface area (TPSA) is 80.0 Å². The highest BCUT2D eigenvalue weighted by molar-refractivity contribution is 6.30. The number of amides is 1. The number of nitrogens with zero attached hydrogens (tertiary/aromatic N) is 2. The van der Waals surface area contributed by atoms with Crippen LogP contribution in [0.2, 0.25) is 5.02 Å². The quantitative estimate of drug-likeness (QED) is 0.910. The summed E-state index contributed by atoms with van der Waals surface area (Å²) in [5.41, 5.74) is -0.0298. The first-order valence-electron chi connectivity index (χ1n) is 6.47.